The molecule has 5 rings (SSSR count). The normalized spacial score (nSPS) is 23.0. The van der Waals surface area contributed by atoms with Crippen molar-refractivity contribution < 1.29 is 14.3 Å². The third-order valence-corrected chi connectivity index (χ3v) is 5.46. The Morgan fingerprint density at radius 1 is 1.08 bits per heavy atom. The average Bonchev–Trinajstić information content (AvgIpc) is 2.93. The second-order valence-corrected chi connectivity index (χ2v) is 7.43. The van der Waals surface area contributed by atoms with Gasteiger partial charge in [0.25, 0.3) is 5.91 Å². The van der Waals surface area contributed by atoms with E-state index in [4.69, 9.17) is 0 Å². The molecule has 3 heterocycles. The van der Waals surface area contributed by atoms with Crippen LogP contribution >= 0.6 is 0 Å². The first-order valence-electron chi connectivity index (χ1n) is 9.15. The quantitative estimate of drug-likeness (QED) is 0.920. The molecule has 3 saturated heterocycles. The molecule has 2 aromatic rings. The number of nitrogens with zero attached hydrogens (tertiary/aromatic N) is 2. The van der Waals surface area contributed by atoms with Gasteiger partial charge in [0.05, 0.1) is 0 Å². The lowest BCUT2D eigenvalue weighted by molar-refractivity contribution is 0.0584. The second-order valence-electron chi connectivity index (χ2n) is 7.43. The maximum Gasteiger partial charge on any atom is 0.254 e. The molecule has 26 heavy (non-hydrogen) atoms. The van der Waals surface area contributed by atoms with E-state index in [0.717, 1.165) is 44.6 Å². The van der Waals surface area contributed by atoms with E-state index in [0.29, 0.717) is 11.5 Å². The minimum atomic E-state index is -0.215. The first-order valence-corrected chi connectivity index (χ1v) is 9.15. The summed E-state index contributed by atoms with van der Waals surface area (Å²) < 4.78 is 13.1. The van der Waals surface area contributed by atoms with E-state index in [1.807, 2.05) is 17.0 Å². The maximum atomic E-state index is 13.1. The van der Waals surface area contributed by atoms with Crippen LogP contribution in [0.1, 0.15) is 28.8 Å². The molecule has 0 spiro atoms. The van der Waals surface area contributed by atoms with Crippen LogP contribution in [0.5, 0.6) is 5.75 Å². The second kappa shape index (κ2) is 7.08. The number of amides is 1. The van der Waals surface area contributed by atoms with Crippen LogP contribution in [0.25, 0.3) is 0 Å². The minimum Gasteiger partial charge on any atom is -0.508 e. The highest BCUT2D eigenvalue weighted by Gasteiger charge is 2.37. The van der Waals surface area contributed by atoms with Gasteiger partial charge in [0.15, 0.2) is 0 Å². The number of benzene rings is 2. The van der Waals surface area contributed by atoms with Crippen molar-refractivity contribution in [2.45, 2.75) is 25.4 Å². The summed E-state index contributed by atoms with van der Waals surface area (Å²) in [6.07, 6.45) is 2.14. The average molecular weight is 354 g/mol. The molecular weight excluding hydrogens is 331 g/mol. The number of carbonyl (C=O) groups is 1. The SMILES string of the molecule is O=C(c1cccc(O)c1)N1C[C@H]2CC[C@@H]1CN(Cc1ccc(F)cc1)C2. The topological polar surface area (TPSA) is 43.8 Å². The van der Waals surface area contributed by atoms with Crippen molar-refractivity contribution in [1.29, 1.82) is 0 Å². The number of rotatable bonds is 3. The van der Waals surface area contributed by atoms with Crippen LogP contribution < -0.4 is 0 Å². The number of fused-ring (bicyclic) bond motifs is 4. The molecule has 1 amide bonds. The molecule has 2 aromatic carbocycles. The van der Waals surface area contributed by atoms with E-state index in [1.54, 1.807) is 18.2 Å². The van der Waals surface area contributed by atoms with Gasteiger partial charge in [-0.05, 0) is 54.7 Å². The van der Waals surface area contributed by atoms with E-state index >= 15 is 0 Å². The first kappa shape index (κ1) is 17.0. The van der Waals surface area contributed by atoms with Gasteiger partial charge in [-0.15, -0.1) is 0 Å². The number of aromatic hydroxyl groups is 1. The molecule has 5 heteroatoms. The lowest BCUT2D eigenvalue weighted by atomic mass is 9.94. The fourth-order valence-corrected chi connectivity index (χ4v) is 4.21. The largest absolute Gasteiger partial charge is 0.508 e. The zero-order valence-electron chi connectivity index (χ0n) is 14.6. The molecule has 0 radical (unpaired) electrons. The Morgan fingerprint density at radius 3 is 2.65 bits per heavy atom. The summed E-state index contributed by atoms with van der Waals surface area (Å²) >= 11 is 0. The van der Waals surface area contributed by atoms with E-state index in [1.165, 1.54) is 18.2 Å². The molecule has 3 aliphatic heterocycles. The van der Waals surface area contributed by atoms with Gasteiger partial charge >= 0.3 is 0 Å². The monoisotopic (exact) mass is 354 g/mol. The molecule has 1 N–H and O–H groups in total. The summed E-state index contributed by atoms with van der Waals surface area (Å²) in [7, 11) is 0. The highest BCUT2D eigenvalue weighted by molar-refractivity contribution is 5.95. The highest BCUT2D eigenvalue weighted by Crippen LogP contribution is 2.30. The minimum absolute atomic E-state index is 0.000711. The third-order valence-electron chi connectivity index (χ3n) is 5.46. The van der Waals surface area contributed by atoms with Gasteiger partial charge in [0, 0.05) is 37.8 Å². The van der Waals surface area contributed by atoms with Gasteiger partial charge < -0.3 is 10.0 Å². The number of carbonyl (C=O) groups excluding carboxylic acids is 1. The van der Waals surface area contributed by atoms with E-state index < -0.39 is 0 Å². The predicted molar refractivity (Wildman–Crippen MR) is 97.3 cm³/mol. The van der Waals surface area contributed by atoms with Crippen molar-refractivity contribution in [1.82, 2.24) is 9.80 Å². The van der Waals surface area contributed by atoms with Gasteiger partial charge in [-0.25, -0.2) is 4.39 Å². The smallest absolute Gasteiger partial charge is 0.254 e. The summed E-state index contributed by atoms with van der Waals surface area (Å²) in [6.45, 7) is 3.33. The van der Waals surface area contributed by atoms with Crippen molar-refractivity contribution in [2.75, 3.05) is 19.6 Å². The van der Waals surface area contributed by atoms with E-state index in [-0.39, 0.29) is 23.5 Å². The molecule has 3 fully saturated rings. The van der Waals surface area contributed by atoms with Crippen molar-refractivity contribution in [3.05, 3.63) is 65.5 Å². The molecule has 136 valence electrons. The zero-order valence-corrected chi connectivity index (χ0v) is 14.6. The van der Waals surface area contributed by atoms with Crippen LogP contribution in [0.2, 0.25) is 0 Å². The van der Waals surface area contributed by atoms with E-state index in [9.17, 15) is 14.3 Å². The molecule has 4 nitrogen and oxygen atoms in total. The Kier molecular flexibility index (Phi) is 4.64. The van der Waals surface area contributed by atoms with Crippen molar-refractivity contribution in [3.63, 3.8) is 0 Å². The van der Waals surface area contributed by atoms with Crippen LogP contribution in [-0.2, 0) is 6.54 Å². The molecule has 0 unspecified atom stereocenters. The number of phenols is 1. The van der Waals surface area contributed by atoms with Crippen molar-refractivity contribution in [2.24, 2.45) is 5.92 Å². The number of halogens is 1. The van der Waals surface area contributed by atoms with Crippen LogP contribution in [-0.4, -0.2) is 46.5 Å². The van der Waals surface area contributed by atoms with Crippen LogP contribution in [0, 0.1) is 11.7 Å². The standard InChI is InChI=1S/C21H23FN2O2/c22-18-7-4-15(5-8-18)11-23-12-16-6-9-19(14-23)24(13-16)21(26)17-2-1-3-20(25)10-17/h1-5,7-8,10,16,19,25H,6,9,11-14H2/t16-,19+/m0/s1. The molecule has 2 atom stereocenters. The molecule has 0 aliphatic carbocycles. The lowest BCUT2D eigenvalue weighted by Crippen LogP contribution is -2.47. The van der Waals surface area contributed by atoms with Gasteiger partial charge in [-0.3, -0.25) is 9.69 Å². The maximum absolute atomic E-state index is 13.1. The van der Waals surface area contributed by atoms with Crippen LogP contribution in [0.3, 0.4) is 0 Å². The zero-order chi connectivity index (χ0) is 18.1. The molecule has 0 saturated carbocycles. The van der Waals surface area contributed by atoms with Crippen LogP contribution in [0.4, 0.5) is 4.39 Å². The van der Waals surface area contributed by atoms with Gasteiger partial charge in [-0.2, -0.15) is 0 Å². The van der Waals surface area contributed by atoms with Crippen LogP contribution in [0.15, 0.2) is 48.5 Å². The third kappa shape index (κ3) is 3.58. The van der Waals surface area contributed by atoms with E-state index in [2.05, 4.69) is 4.90 Å². The summed E-state index contributed by atoms with van der Waals surface area (Å²) in [5, 5.41) is 9.67. The van der Waals surface area contributed by atoms with Gasteiger partial charge in [0.2, 0.25) is 0 Å². The van der Waals surface area contributed by atoms with Crippen molar-refractivity contribution in [3.8, 4) is 5.75 Å². The number of hydrogen-bond donors (Lipinski definition) is 1. The Hall–Kier alpha value is -2.40. The Morgan fingerprint density at radius 2 is 1.88 bits per heavy atom. The Labute approximate surface area is 152 Å². The first-order chi connectivity index (χ1) is 12.6. The predicted octanol–water partition coefficient (Wildman–Crippen LogP) is 3.27. The Balaban J connectivity index is 1.49. The highest BCUT2D eigenvalue weighted by atomic mass is 19.1. The van der Waals surface area contributed by atoms with Crippen molar-refractivity contribution >= 4 is 5.91 Å². The summed E-state index contributed by atoms with van der Waals surface area (Å²) in [5.74, 6) is 0.357. The molecule has 3 aliphatic rings. The number of hydrogen-bond acceptors (Lipinski definition) is 3. The fourth-order valence-electron chi connectivity index (χ4n) is 4.21. The van der Waals surface area contributed by atoms with Gasteiger partial charge in [-0.1, -0.05) is 18.2 Å². The Bertz CT molecular complexity index is 793. The fraction of sp³-hybridized carbons (Fsp3) is 0.381. The summed E-state index contributed by atoms with van der Waals surface area (Å²) in [5.41, 5.74) is 1.64. The summed E-state index contributed by atoms with van der Waals surface area (Å²) in [6, 6.07) is 13.4. The lowest BCUT2D eigenvalue weighted by Gasteiger charge is -2.36. The number of piperidine rings is 1. The number of phenolic OH excluding ortho intramolecular Hbond substituents is 1. The van der Waals surface area contributed by atoms with Gasteiger partial charge in [0.1, 0.15) is 11.6 Å². The molecule has 0 aromatic heterocycles. The molecular formula is C21H23FN2O2. The molecule has 2 bridgehead atoms. The summed E-state index contributed by atoms with van der Waals surface area (Å²) in [4.78, 5) is 17.3.